The molecular weight excluding hydrogens is 302 g/mol. The van der Waals surface area contributed by atoms with Gasteiger partial charge < -0.3 is 9.73 Å². The van der Waals surface area contributed by atoms with Gasteiger partial charge in [-0.1, -0.05) is 11.6 Å². The summed E-state index contributed by atoms with van der Waals surface area (Å²) in [5, 5.41) is 4.06. The first kappa shape index (κ1) is 12.5. The SMILES string of the molecule is Cc1ccc(C(C)Nc2ccc(Cl)c(Br)c2)o1. The molecule has 0 bridgehead atoms. The van der Waals surface area contributed by atoms with E-state index in [9.17, 15) is 0 Å². The summed E-state index contributed by atoms with van der Waals surface area (Å²) in [6.45, 7) is 4.00. The van der Waals surface area contributed by atoms with E-state index < -0.39 is 0 Å². The van der Waals surface area contributed by atoms with Gasteiger partial charge >= 0.3 is 0 Å². The van der Waals surface area contributed by atoms with Crippen molar-refractivity contribution >= 4 is 33.2 Å². The van der Waals surface area contributed by atoms with Crippen molar-refractivity contribution in [1.82, 2.24) is 0 Å². The van der Waals surface area contributed by atoms with E-state index >= 15 is 0 Å². The number of aryl methyl sites for hydroxylation is 1. The molecule has 1 unspecified atom stereocenters. The zero-order valence-electron chi connectivity index (χ0n) is 9.63. The van der Waals surface area contributed by atoms with E-state index in [-0.39, 0.29) is 6.04 Å². The smallest absolute Gasteiger partial charge is 0.126 e. The molecule has 0 saturated heterocycles. The number of rotatable bonds is 3. The molecule has 0 aliphatic heterocycles. The maximum atomic E-state index is 5.94. The van der Waals surface area contributed by atoms with E-state index in [1.807, 2.05) is 37.3 Å². The molecule has 0 amide bonds. The predicted molar refractivity (Wildman–Crippen MR) is 74.6 cm³/mol. The lowest BCUT2D eigenvalue weighted by Crippen LogP contribution is -2.05. The van der Waals surface area contributed by atoms with E-state index in [0.29, 0.717) is 5.02 Å². The van der Waals surface area contributed by atoms with Crippen LogP contribution < -0.4 is 5.32 Å². The van der Waals surface area contributed by atoms with Crippen molar-refractivity contribution in [1.29, 1.82) is 0 Å². The van der Waals surface area contributed by atoms with Gasteiger partial charge in [-0.05, 0) is 60.1 Å². The normalized spacial score (nSPS) is 12.5. The van der Waals surface area contributed by atoms with Gasteiger partial charge in [-0.15, -0.1) is 0 Å². The van der Waals surface area contributed by atoms with Gasteiger partial charge in [0.25, 0.3) is 0 Å². The van der Waals surface area contributed by atoms with Crippen LogP contribution in [0.4, 0.5) is 5.69 Å². The lowest BCUT2D eigenvalue weighted by Gasteiger charge is -2.13. The molecule has 0 fully saturated rings. The number of hydrogen-bond donors (Lipinski definition) is 1. The fourth-order valence-corrected chi connectivity index (χ4v) is 2.09. The number of benzene rings is 1. The van der Waals surface area contributed by atoms with Crippen molar-refractivity contribution < 1.29 is 4.42 Å². The van der Waals surface area contributed by atoms with E-state index in [1.54, 1.807) is 0 Å². The summed E-state index contributed by atoms with van der Waals surface area (Å²) < 4.78 is 6.45. The summed E-state index contributed by atoms with van der Waals surface area (Å²) in [5.74, 6) is 1.85. The standard InChI is InChI=1S/C13H13BrClNO/c1-8-3-6-13(17-8)9(2)16-10-4-5-12(15)11(14)7-10/h3-7,9,16H,1-2H3. The Kier molecular flexibility index (Phi) is 3.79. The van der Waals surface area contributed by atoms with E-state index in [2.05, 4.69) is 28.2 Å². The summed E-state index contributed by atoms with van der Waals surface area (Å²) in [5.41, 5.74) is 1.00. The topological polar surface area (TPSA) is 25.2 Å². The average Bonchev–Trinajstić information content (AvgIpc) is 2.70. The first-order valence-corrected chi connectivity index (χ1v) is 6.51. The molecule has 0 saturated carbocycles. The van der Waals surface area contributed by atoms with Crippen LogP contribution in [0, 0.1) is 6.92 Å². The third-order valence-corrected chi connectivity index (χ3v) is 3.70. The van der Waals surface area contributed by atoms with Crippen LogP contribution in [0.2, 0.25) is 5.02 Å². The molecule has 2 rings (SSSR count). The van der Waals surface area contributed by atoms with Crippen molar-refractivity contribution in [3.8, 4) is 0 Å². The van der Waals surface area contributed by atoms with Crippen LogP contribution >= 0.6 is 27.5 Å². The Balaban J connectivity index is 2.12. The van der Waals surface area contributed by atoms with Crippen LogP contribution in [0.1, 0.15) is 24.5 Å². The predicted octanol–water partition coefficient (Wildman–Crippen LogP) is 5.18. The average molecular weight is 315 g/mol. The second-order valence-corrected chi connectivity index (χ2v) is 5.20. The van der Waals surface area contributed by atoms with Crippen molar-refractivity contribution in [2.75, 3.05) is 5.32 Å². The largest absolute Gasteiger partial charge is 0.464 e. The molecule has 0 spiro atoms. The molecule has 17 heavy (non-hydrogen) atoms. The molecule has 0 aliphatic rings. The van der Waals surface area contributed by atoms with Crippen LogP contribution in [-0.2, 0) is 0 Å². The number of furan rings is 1. The van der Waals surface area contributed by atoms with Crippen LogP contribution in [0.3, 0.4) is 0 Å². The molecule has 1 atom stereocenters. The summed E-state index contributed by atoms with van der Waals surface area (Å²) in [6, 6.07) is 9.82. The molecule has 0 radical (unpaired) electrons. The molecule has 1 heterocycles. The highest BCUT2D eigenvalue weighted by molar-refractivity contribution is 9.10. The van der Waals surface area contributed by atoms with Crippen LogP contribution in [0.15, 0.2) is 39.2 Å². The third kappa shape index (κ3) is 3.05. The van der Waals surface area contributed by atoms with Gasteiger partial charge in [0.2, 0.25) is 0 Å². The molecule has 1 N–H and O–H groups in total. The highest BCUT2D eigenvalue weighted by Gasteiger charge is 2.09. The highest BCUT2D eigenvalue weighted by Crippen LogP contribution is 2.28. The van der Waals surface area contributed by atoms with Gasteiger partial charge in [0.05, 0.1) is 11.1 Å². The number of hydrogen-bond acceptors (Lipinski definition) is 2. The molecule has 2 nitrogen and oxygen atoms in total. The van der Waals surface area contributed by atoms with E-state index in [0.717, 1.165) is 21.7 Å². The minimum atomic E-state index is 0.122. The third-order valence-electron chi connectivity index (χ3n) is 2.49. The van der Waals surface area contributed by atoms with Gasteiger partial charge in [-0.25, -0.2) is 0 Å². The Morgan fingerprint density at radius 1 is 1.29 bits per heavy atom. The zero-order valence-corrected chi connectivity index (χ0v) is 12.0. The molecular formula is C13H13BrClNO. The lowest BCUT2D eigenvalue weighted by molar-refractivity contribution is 0.467. The number of nitrogens with one attached hydrogen (secondary N) is 1. The minimum Gasteiger partial charge on any atom is -0.464 e. The van der Waals surface area contributed by atoms with Gasteiger partial charge in [0, 0.05) is 10.2 Å². The number of halogens is 2. The molecule has 1 aromatic heterocycles. The van der Waals surface area contributed by atoms with Gasteiger partial charge in [-0.2, -0.15) is 0 Å². The van der Waals surface area contributed by atoms with Crippen molar-refractivity contribution in [3.63, 3.8) is 0 Å². The Morgan fingerprint density at radius 2 is 2.06 bits per heavy atom. The first-order valence-electron chi connectivity index (χ1n) is 5.34. The van der Waals surface area contributed by atoms with E-state index in [4.69, 9.17) is 16.0 Å². The summed E-state index contributed by atoms with van der Waals surface area (Å²) >= 11 is 9.35. The second-order valence-electron chi connectivity index (χ2n) is 3.94. The molecule has 2 aromatic rings. The Bertz CT molecular complexity index is 524. The highest BCUT2D eigenvalue weighted by atomic mass is 79.9. The number of anilines is 1. The minimum absolute atomic E-state index is 0.122. The monoisotopic (exact) mass is 313 g/mol. The van der Waals surface area contributed by atoms with Crippen LogP contribution in [-0.4, -0.2) is 0 Å². The van der Waals surface area contributed by atoms with E-state index in [1.165, 1.54) is 0 Å². The fourth-order valence-electron chi connectivity index (χ4n) is 1.59. The molecule has 0 aliphatic carbocycles. The van der Waals surface area contributed by atoms with Crippen molar-refractivity contribution in [3.05, 3.63) is 51.3 Å². The van der Waals surface area contributed by atoms with Gasteiger partial charge in [-0.3, -0.25) is 0 Å². The van der Waals surface area contributed by atoms with Crippen molar-refractivity contribution in [2.45, 2.75) is 19.9 Å². The first-order chi connectivity index (χ1) is 8.06. The quantitative estimate of drug-likeness (QED) is 0.844. The molecule has 4 heteroatoms. The van der Waals surface area contributed by atoms with Crippen LogP contribution in [0.5, 0.6) is 0 Å². The molecule has 1 aromatic carbocycles. The Hall–Kier alpha value is -0.930. The fraction of sp³-hybridized carbons (Fsp3) is 0.231. The van der Waals surface area contributed by atoms with Gasteiger partial charge in [0.15, 0.2) is 0 Å². The maximum absolute atomic E-state index is 5.94. The zero-order chi connectivity index (χ0) is 12.4. The van der Waals surface area contributed by atoms with Crippen molar-refractivity contribution in [2.24, 2.45) is 0 Å². The molecule has 90 valence electrons. The summed E-state index contributed by atoms with van der Waals surface area (Å²) in [7, 11) is 0. The second kappa shape index (κ2) is 5.15. The Morgan fingerprint density at radius 3 is 2.65 bits per heavy atom. The lowest BCUT2D eigenvalue weighted by atomic mass is 10.2. The summed E-state index contributed by atoms with van der Waals surface area (Å²) in [6.07, 6.45) is 0. The Labute approximate surface area is 114 Å². The summed E-state index contributed by atoms with van der Waals surface area (Å²) in [4.78, 5) is 0. The van der Waals surface area contributed by atoms with Gasteiger partial charge in [0.1, 0.15) is 11.5 Å². The maximum Gasteiger partial charge on any atom is 0.126 e. The van der Waals surface area contributed by atoms with Crippen LogP contribution in [0.25, 0.3) is 0 Å².